The first-order valence-electron chi connectivity index (χ1n) is 5.94. The van der Waals surface area contributed by atoms with Crippen LogP contribution < -0.4 is 0 Å². The number of nitrogens with zero attached hydrogens (tertiary/aromatic N) is 3. The van der Waals surface area contributed by atoms with Crippen molar-refractivity contribution in [1.82, 2.24) is 15.1 Å². The molecule has 0 unspecified atom stereocenters. The maximum Gasteiger partial charge on any atom is 0.277 e. The van der Waals surface area contributed by atoms with Crippen molar-refractivity contribution in [2.24, 2.45) is 0 Å². The van der Waals surface area contributed by atoms with E-state index in [2.05, 4.69) is 10.2 Å². The summed E-state index contributed by atoms with van der Waals surface area (Å²) in [5, 5.41) is 7.77. The summed E-state index contributed by atoms with van der Waals surface area (Å²) in [7, 11) is 3.38. The maximum absolute atomic E-state index is 12.8. The third-order valence-corrected chi connectivity index (χ3v) is 3.49. The van der Waals surface area contributed by atoms with E-state index in [1.165, 1.54) is 28.8 Å². The SMILES string of the molecule is C[C@H](Sc1nnc(-c2ccc(F)cc2)o1)C(=O)N(C)C. The lowest BCUT2D eigenvalue weighted by molar-refractivity contribution is -0.127. The van der Waals surface area contributed by atoms with Crippen molar-refractivity contribution < 1.29 is 13.6 Å². The molecule has 0 spiro atoms. The number of carbonyl (C=O) groups excluding carboxylic acids is 1. The normalized spacial score (nSPS) is 12.2. The lowest BCUT2D eigenvalue weighted by Crippen LogP contribution is -2.29. The molecule has 1 atom stereocenters. The molecule has 0 aliphatic heterocycles. The van der Waals surface area contributed by atoms with E-state index < -0.39 is 0 Å². The first-order chi connectivity index (χ1) is 9.47. The van der Waals surface area contributed by atoms with E-state index in [1.807, 2.05) is 0 Å². The Morgan fingerprint density at radius 1 is 1.30 bits per heavy atom. The third kappa shape index (κ3) is 3.36. The van der Waals surface area contributed by atoms with Crippen LogP contribution in [0.5, 0.6) is 0 Å². The molecule has 106 valence electrons. The van der Waals surface area contributed by atoms with Crippen LogP contribution in [0.15, 0.2) is 33.9 Å². The Bertz CT molecular complexity index is 598. The second-order valence-electron chi connectivity index (χ2n) is 4.37. The van der Waals surface area contributed by atoms with Gasteiger partial charge in [0.15, 0.2) is 0 Å². The van der Waals surface area contributed by atoms with Gasteiger partial charge >= 0.3 is 0 Å². The van der Waals surface area contributed by atoms with Gasteiger partial charge in [-0.25, -0.2) is 4.39 Å². The summed E-state index contributed by atoms with van der Waals surface area (Å²) in [6, 6.07) is 5.77. The molecule has 2 aromatic rings. The number of aromatic nitrogens is 2. The number of hydrogen-bond acceptors (Lipinski definition) is 5. The van der Waals surface area contributed by atoms with Gasteiger partial charge in [0.25, 0.3) is 5.22 Å². The molecule has 0 aliphatic rings. The molecule has 20 heavy (non-hydrogen) atoms. The number of halogens is 1. The predicted molar refractivity (Wildman–Crippen MR) is 73.7 cm³/mol. The molecule has 2 rings (SSSR count). The summed E-state index contributed by atoms with van der Waals surface area (Å²) >= 11 is 1.19. The zero-order valence-electron chi connectivity index (χ0n) is 11.3. The highest BCUT2D eigenvalue weighted by atomic mass is 32.2. The fourth-order valence-electron chi connectivity index (χ4n) is 1.53. The largest absolute Gasteiger partial charge is 0.411 e. The first-order valence-corrected chi connectivity index (χ1v) is 6.82. The molecule has 1 aromatic carbocycles. The fourth-order valence-corrected chi connectivity index (χ4v) is 2.36. The maximum atomic E-state index is 12.8. The van der Waals surface area contributed by atoms with E-state index in [1.54, 1.807) is 33.2 Å². The van der Waals surface area contributed by atoms with Gasteiger partial charge in [0, 0.05) is 19.7 Å². The van der Waals surface area contributed by atoms with E-state index in [0.29, 0.717) is 16.7 Å². The average molecular weight is 295 g/mol. The van der Waals surface area contributed by atoms with Crippen molar-refractivity contribution in [1.29, 1.82) is 0 Å². The highest BCUT2D eigenvalue weighted by Crippen LogP contribution is 2.26. The molecule has 7 heteroatoms. The van der Waals surface area contributed by atoms with Gasteiger partial charge in [-0.2, -0.15) is 0 Å². The molecule has 0 radical (unpaired) electrons. The molecule has 1 amide bonds. The predicted octanol–water partition coefficient (Wildman–Crippen LogP) is 2.44. The Hall–Kier alpha value is -1.89. The van der Waals surface area contributed by atoms with Gasteiger partial charge in [-0.3, -0.25) is 4.79 Å². The van der Waals surface area contributed by atoms with E-state index in [-0.39, 0.29) is 17.0 Å². The van der Waals surface area contributed by atoms with Crippen molar-refractivity contribution in [2.75, 3.05) is 14.1 Å². The van der Waals surface area contributed by atoms with Crippen LogP contribution in [0.1, 0.15) is 6.92 Å². The van der Waals surface area contributed by atoms with Gasteiger partial charge in [0.05, 0.1) is 5.25 Å². The lowest BCUT2D eigenvalue weighted by Gasteiger charge is -2.14. The number of amides is 1. The molecule has 1 aromatic heterocycles. The fraction of sp³-hybridized carbons (Fsp3) is 0.308. The third-order valence-electron chi connectivity index (χ3n) is 2.56. The smallest absolute Gasteiger partial charge is 0.277 e. The monoisotopic (exact) mass is 295 g/mol. The van der Waals surface area contributed by atoms with Crippen LogP contribution in [-0.2, 0) is 4.79 Å². The zero-order chi connectivity index (χ0) is 14.7. The number of carbonyl (C=O) groups is 1. The minimum atomic E-state index is -0.326. The molecule has 5 nitrogen and oxygen atoms in total. The highest BCUT2D eigenvalue weighted by molar-refractivity contribution is 8.00. The summed E-state index contributed by atoms with van der Waals surface area (Å²) in [6.07, 6.45) is 0. The van der Waals surface area contributed by atoms with Crippen LogP contribution in [0.4, 0.5) is 4.39 Å². The molecular formula is C13H14FN3O2S. The van der Waals surface area contributed by atoms with Gasteiger partial charge in [-0.1, -0.05) is 11.8 Å². The second kappa shape index (κ2) is 6.04. The number of benzene rings is 1. The Morgan fingerprint density at radius 2 is 1.95 bits per heavy atom. The molecule has 1 heterocycles. The molecule has 0 aliphatic carbocycles. The first kappa shape index (κ1) is 14.5. The van der Waals surface area contributed by atoms with Crippen molar-refractivity contribution in [2.45, 2.75) is 17.4 Å². The summed E-state index contributed by atoms with van der Waals surface area (Å²) in [4.78, 5) is 13.2. The van der Waals surface area contributed by atoms with E-state index in [9.17, 15) is 9.18 Å². The van der Waals surface area contributed by atoms with E-state index in [0.717, 1.165) is 0 Å². The average Bonchev–Trinajstić information content (AvgIpc) is 2.87. The van der Waals surface area contributed by atoms with E-state index in [4.69, 9.17) is 4.42 Å². The Kier molecular flexibility index (Phi) is 4.39. The van der Waals surface area contributed by atoms with Crippen molar-refractivity contribution in [3.63, 3.8) is 0 Å². The van der Waals surface area contributed by atoms with Crippen LogP contribution in [-0.4, -0.2) is 40.3 Å². The van der Waals surface area contributed by atoms with Gasteiger partial charge in [0.2, 0.25) is 11.8 Å². The van der Waals surface area contributed by atoms with Crippen LogP contribution in [0.2, 0.25) is 0 Å². The van der Waals surface area contributed by atoms with Crippen LogP contribution in [0.3, 0.4) is 0 Å². The van der Waals surface area contributed by atoms with Crippen LogP contribution in [0, 0.1) is 5.82 Å². The van der Waals surface area contributed by atoms with Crippen molar-refractivity contribution >= 4 is 17.7 Å². The molecule has 0 N–H and O–H groups in total. The summed E-state index contributed by atoms with van der Waals surface area (Å²) in [5.41, 5.74) is 0.636. The summed E-state index contributed by atoms with van der Waals surface area (Å²) in [5.74, 6) is -0.0541. The van der Waals surface area contributed by atoms with E-state index >= 15 is 0 Å². The standard InChI is InChI=1S/C13H14FN3O2S/c1-8(12(18)17(2)3)20-13-16-15-11(19-13)9-4-6-10(14)7-5-9/h4-8H,1-3H3/t8-/m0/s1. The topological polar surface area (TPSA) is 59.2 Å². The molecular weight excluding hydrogens is 281 g/mol. The second-order valence-corrected chi connectivity index (χ2v) is 5.66. The Balaban J connectivity index is 2.09. The minimum Gasteiger partial charge on any atom is -0.411 e. The van der Waals surface area contributed by atoms with Gasteiger partial charge in [-0.05, 0) is 31.2 Å². The molecule has 0 bridgehead atoms. The molecule has 0 saturated carbocycles. The Labute approximate surface area is 120 Å². The highest BCUT2D eigenvalue weighted by Gasteiger charge is 2.19. The van der Waals surface area contributed by atoms with Gasteiger partial charge in [0.1, 0.15) is 5.82 Å². The number of rotatable bonds is 4. The summed E-state index contributed by atoms with van der Waals surface area (Å²) in [6.45, 7) is 1.77. The zero-order valence-corrected chi connectivity index (χ0v) is 12.1. The number of hydrogen-bond donors (Lipinski definition) is 0. The Morgan fingerprint density at radius 3 is 2.55 bits per heavy atom. The minimum absolute atomic E-state index is 0.0310. The van der Waals surface area contributed by atoms with Crippen molar-refractivity contribution in [3.05, 3.63) is 30.1 Å². The quantitative estimate of drug-likeness (QED) is 0.811. The summed E-state index contributed by atoms with van der Waals surface area (Å²) < 4.78 is 18.3. The van der Waals surface area contributed by atoms with Crippen LogP contribution >= 0.6 is 11.8 Å². The van der Waals surface area contributed by atoms with Crippen LogP contribution in [0.25, 0.3) is 11.5 Å². The molecule has 0 fully saturated rings. The van der Waals surface area contributed by atoms with Gasteiger partial charge in [-0.15, -0.1) is 10.2 Å². The molecule has 0 saturated heterocycles. The van der Waals surface area contributed by atoms with Crippen molar-refractivity contribution in [3.8, 4) is 11.5 Å². The lowest BCUT2D eigenvalue weighted by atomic mass is 10.2. The number of thioether (sulfide) groups is 1. The van der Waals surface area contributed by atoms with Gasteiger partial charge < -0.3 is 9.32 Å².